The fraction of sp³-hybridized carbons (Fsp3) is 0.304. The predicted octanol–water partition coefficient (Wildman–Crippen LogP) is 5.02. The van der Waals surface area contributed by atoms with Gasteiger partial charge in [0.2, 0.25) is 0 Å². The maximum Gasteiger partial charge on any atom is 0.152 e. The summed E-state index contributed by atoms with van der Waals surface area (Å²) in [4.78, 5) is 5.66. The van der Waals surface area contributed by atoms with Crippen molar-refractivity contribution < 1.29 is 13.5 Å². The Labute approximate surface area is 191 Å². The molecular weight excluding hydrogens is 448 g/mol. The van der Waals surface area contributed by atoms with Crippen molar-refractivity contribution in [3.63, 3.8) is 0 Å². The molecule has 0 bridgehead atoms. The summed E-state index contributed by atoms with van der Waals surface area (Å²) >= 11 is 2.78. The largest absolute Gasteiger partial charge is 0.391 e. The molecule has 5 nitrogen and oxygen atoms in total. The highest BCUT2D eigenvalue weighted by Gasteiger charge is 2.20. The summed E-state index contributed by atoms with van der Waals surface area (Å²) in [6.07, 6.45) is 0.355. The van der Waals surface area contributed by atoms with Gasteiger partial charge in [-0.15, -0.1) is 23.1 Å². The van der Waals surface area contributed by atoms with Crippen LogP contribution in [0.1, 0.15) is 25.3 Å². The fourth-order valence-corrected chi connectivity index (χ4v) is 6.46. The highest BCUT2D eigenvalue weighted by atomic mass is 32.2. The van der Waals surface area contributed by atoms with Crippen LogP contribution in [0, 0.1) is 11.3 Å². The van der Waals surface area contributed by atoms with Gasteiger partial charge in [0.15, 0.2) is 9.84 Å². The Balaban J connectivity index is 1.90. The van der Waals surface area contributed by atoms with Crippen LogP contribution in [-0.4, -0.2) is 41.9 Å². The highest BCUT2D eigenvalue weighted by molar-refractivity contribution is 7.99. The van der Waals surface area contributed by atoms with E-state index < -0.39 is 15.9 Å². The molecule has 0 amide bonds. The van der Waals surface area contributed by atoms with E-state index in [1.807, 2.05) is 60.8 Å². The Morgan fingerprint density at radius 1 is 1.23 bits per heavy atom. The van der Waals surface area contributed by atoms with Crippen molar-refractivity contribution in [3.8, 4) is 27.8 Å². The summed E-state index contributed by atoms with van der Waals surface area (Å²) in [5.74, 6) is -0.0495. The number of aromatic nitrogens is 1. The van der Waals surface area contributed by atoms with Crippen LogP contribution in [-0.2, 0) is 9.84 Å². The summed E-state index contributed by atoms with van der Waals surface area (Å²) in [7, 11) is -3.30. The lowest BCUT2D eigenvalue weighted by Gasteiger charge is -2.14. The predicted molar refractivity (Wildman–Crippen MR) is 128 cm³/mol. The number of aliphatic hydroxyl groups excluding tert-OH is 1. The Kier molecular flexibility index (Phi) is 8.27. The average molecular weight is 473 g/mol. The molecule has 3 rings (SSSR count). The molecule has 1 N–H and O–H groups in total. The number of thiophene rings is 1. The molecule has 0 unspecified atom stereocenters. The second kappa shape index (κ2) is 10.9. The van der Waals surface area contributed by atoms with Crippen LogP contribution < -0.4 is 0 Å². The van der Waals surface area contributed by atoms with E-state index in [-0.39, 0.29) is 17.3 Å². The molecule has 1 atom stereocenters. The van der Waals surface area contributed by atoms with Crippen molar-refractivity contribution in [1.82, 2.24) is 4.98 Å². The Morgan fingerprint density at radius 2 is 2.00 bits per heavy atom. The van der Waals surface area contributed by atoms with Gasteiger partial charge in [0, 0.05) is 11.3 Å². The molecule has 0 spiro atoms. The zero-order valence-electron chi connectivity index (χ0n) is 17.2. The Bertz CT molecular complexity index is 1140. The first-order valence-electron chi connectivity index (χ1n) is 9.99. The van der Waals surface area contributed by atoms with Crippen LogP contribution in [0.3, 0.4) is 0 Å². The monoisotopic (exact) mass is 472 g/mol. The zero-order valence-corrected chi connectivity index (χ0v) is 19.6. The van der Waals surface area contributed by atoms with E-state index in [1.54, 1.807) is 11.3 Å². The van der Waals surface area contributed by atoms with E-state index in [2.05, 4.69) is 11.1 Å². The smallest absolute Gasteiger partial charge is 0.152 e. The van der Waals surface area contributed by atoms with Crippen LogP contribution in [0.25, 0.3) is 21.7 Å². The SMILES string of the molecule is CCCCS(=O)(=O)C[C@H](O)CSc1nc(-c2cccs2)cc(-c2ccccc2)c1C#N. The average Bonchev–Trinajstić information content (AvgIpc) is 3.31. The molecule has 0 aliphatic rings. The molecular formula is C23H24N2O3S3. The van der Waals surface area contributed by atoms with E-state index in [0.29, 0.717) is 17.0 Å². The number of aliphatic hydroxyl groups is 1. The van der Waals surface area contributed by atoms with Crippen LogP contribution in [0.4, 0.5) is 0 Å². The van der Waals surface area contributed by atoms with Crippen molar-refractivity contribution in [1.29, 1.82) is 5.26 Å². The van der Waals surface area contributed by atoms with Crippen LogP contribution in [0.5, 0.6) is 0 Å². The van der Waals surface area contributed by atoms with Gasteiger partial charge >= 0.3 is 0 Å². The van der Waals surface area contributed by atoms with Gasteiger partial charge < -0.3 is 5.11 Å². The van der Waals surface area contributed by atoms with Gasteiger partial charge in [-0.05, 0) is 29.5 Å². The topological polar surface area (TPSA) is 91.1 Å². The van der Waals surface area contributed by atoms with Crippen molar-refractivity contribution in [2.45, 2.75) is 30.9 Å². The Morgan fingerprint density at radius 3 is 2.65 bits per heavy atom. The van der Waals surface area contributed by atoms with E-state index in [9.17, 15) is 18.8 Å². The molecule has 31 heavy (non-hydrogen) atoms. The number of nitriles is 1. The molecule has 0 aliphatic heterocycles. The molecule has 2 heterocycles. The minimum absolute atomic E-state index is 0.0823. The summed E-state index contributed by atoms with van der Waals surface area (Å²) in [5, 5.41) is 22.7. The van der Waals surface area contributed by atoms with Crippen molar-refractivity contribution in [2.24, 2.45) is 0 Å². The minimum Gasteiger partial charge on any atom is -0.391 e. The summed E-state index contributed by atoms with van der Waals surface area (Å²) in [6, 6.07) is 17.7. The standard InChI is InChI=1S/C23H24N2O3S3/c1-2-3-12-31(27,28)16-18(26)15-30-23-20(14-24)19(17-8-5-4-6-9-17)13-21(25-23)22-10-7-11-29-22/h4-11,13,18,26H,2-3,12,15-16H2,1H3/t18-/m1/s1. The lowest BCUT2D eigenvalue weighted by Crippen LogP contribution is -2.25. The van der Waals surface area contributed by atoms with Gasteiger partial charge in [-0.1, -0.05) is 49.7 Å². The molecule has 8 heteroatoms. The highest BCUT2D eigenvalue weighted by Crippen LogP contribution is 2.35. The van der Waals surface area contributed by atoms with Gasteiger partial charge in [-0.3, -0.25) is 0 Å². The zero-order chi connectivity index (χ0) is 22.3. The number of nitrogens with zero attached hydrogens (tertiary/aromatic N) is 2. The lowest BCUT2D eigenvalue weighted by atomic mass is 10.0. The quantitative estimate of drug-likeness (QED) is 0.417. The second-order valence-electron chi connectivity index (χ2n) is 7.12. The molecule has 0 saturated carbocycles. The van der Waals surface area contributed by atoms with Gasteiger partial charge in [0.1, 0.15) is 11.1 Å². The first-order valence-corrected chi connectivity index (χ1v) is 13.7. The molecule has 2 aromatic heterocycles. The number of hydrogen-bond donors (Lipinski definition) is 1. The maximum atomic E-state index is 12.1. The summed E-state index contributed by atoms with van der Waals surface area (Å²) < 4.78 is 24.3. The summed E-state index contributed by atoms with van der Waals surface area (Å²) in [6.45, 7) is 1.93. The van der Waals surface area contributed by atoms with E-state index in [1.165, 1.54) is 11.8 Å². The first-order chi connectivity index (χ1) is 14.9. The third-order valence-electron chi connectivity index (χ3n) is 4.62. The van der Waals surface area contributed by atoms with E-state index in [4.69, 9.17) is 0 Å². The van der Waals surface area contributed by atoms with Crippen molar-refractivity contribution >= 4 is 32.9 Å². The molecule has 0 aliphatic carbocycles. The third kappa shape index (κ3) is 6.40. The number of sulfone groups is 1. The van der Waals surface area contributed by atoms with Gasteiger partial charge in [-0.2, -0.15) is 5.26 Å². The number of pyridine rings is 1. The molecule has 0 saturated heterocycles. The molecule has 0 radical (unpaired) electrons. The minimum atomic E-state index is -3.30. The van der Waals surface area contributed by atoms with Crippen LogP contribution >= 0.6 is 23.1 Å². The second-order valence-corrected chi connectivity index (χ2v) is 11.3. The Hall–Kier alpha value is -2.18. The molecule has 162 valence electrons. The number of rotatable bonds is 10. The molecule has 0 fully saturated rings. The third-order valence-corrected chi connectivity index (χ3v) is 8.44. The van der Waals surface area contributed by atoms with Crippen molar-refractivity contribution in [2.75, 3.05) is 17.3 Å². The van der Waals surface area contributed by atoms with Crippen molar-refractivity contribution in [3.05, 3.63) is 59.5 Å². The molecule has 1 aromatic carbocycles. The number of hydrogen-bond acceptors (Lipinski definition) is 7. The lowest BCUT2D eigenvalue weighted by molar-refractivity contribution is 0.222. The van der Waals surface area contributed by atoms with Gasteiger partial charge in [0.05, 0.1) is 33.7 Å². The van der Waals surface area contributed by atoms with Gasteiger partial charge in [-0.25, -0.2) is 13.4 Å². The maximum absolute atomic E-state index is 12.1. The van der Waals surface area contributed by atoms with E-state index >= 15 is 0 Å². The first kappa shape index (κ1) is 23.5. The number of thioether (sulfide) groups is 1. The van der Waals surface area contributed by atoms with E-state index in [0.717, 1.165) is 28.1 Å². The van der Waals surface area contributed by atoms with Crippen LogP contribution in [0.15, 0.2) is 58.9 Å². The molecule has 3 aromatic rings. The summed E-state index contributed by atoms with van der Waals surface area (Å²) in [5.41, 5.74) is 2.86. The fourth-order valence-electron chi connectivity index (χ4n) is 3.09. The number of benzene rings is 1. The van der Waals surface area contributed by atoms with Crippen LogP contribution in [0.2, 0.25) is 0 Å². The number of unbranched alkanes of at least 4 members (excludes halogenated alkanes) is 1. The van der Waals surface area contributed by atoms with Gasteiger partial charge in [0.25, 0.3) is 0 Å². The normalized spacial score (nSPS) is 12.4.